The van der Waals surface area contributed by atoms with Crippen LogP contribution >= 0.6 is 11.3 Å². The minimum Gasteiger partial charge on any atom is -0.387 e. The average molecular weight is 384 g/mol. The fraction of sp³-hybridized carbons (Fsp3) is 0.316. The molecule has 1 N–H and O–H groups in total. The van der Waals surface area contributed by atoms with Gasteiger partial charge in [-0.2, -0.15) is 4.68 Å². The monoisotopic (exact) mass is 384 g/mol. The third-order valence-electron chi connectivity index (χ3n) is 4.59. The number of hydrogen-bond donors (Lipinski definition) is 1. The zero-order valence-electron chi connectivity index (χ0n) is 14.7. The Morgan fingerprint density at radius 2 is 2.11 bits per heavy atom. The lowest BCUT2D eigenvalue weighted by atomic mass is 9.97. The summed E-state index contributed by atoms with van der Waals surface area (Å²) in [5, 5.41) is 9.16. The number of rotatable bonds is 5. The van der Waals surface area contributed by atoms with E-state index in [9.17, 15) is 9.59 Å². The standard InChI is InChI=1S/C19H20N4O3S/c24-17(20-15-7-2-1-3-8-15)14-6-4-10-22(12-14)13-23-19(25)26-18(21-23)16-9-5-11-27-16/h1-3,5,7-9,11,14H,4,6,10,12-13H2,(H,20,24)/t14-/m0/s1. The van der Waals surface area contributed by atoms with E-state index in [1.807, 2.05) is 47.8 Å². The topological polar surface area (TPSA) is 80.4 Å². The normalized spacial score (nSPS) is 17.7. The van der Waals surface area contributed by atoms with Gasteiger partial charge in [-0.1, -0.05) is 24.3 Å². The Bertz CT molecular complexity index is 949. The van der Waals surface area contributed by atoms with Crippen LogP contribution in [-0.2, 0) is 11.5 Å². The second-order valence-electron chi connectivity index (χ2n) is 6.56. The first-order chi connectivity index (χ1) is 13.2. The molecule has 0 saturated carbocycles. The van der Waals surface area contributed by atoms with Crippen molar-refractivity contribution in [3.05, 3.63) is 58.4 Å². The van der Waals surface area contributed by atoms with Gasteiger partial charge in [-0.05, 0) is 43.0 Å². The number of benzene rings is 1. The maximum atomic E-state index is 12.6. The van der Waals surface area contributed by atoms with E-state index in [1.165, 1.54) is 16.0 Å². The van der Waals surface area contributed by atoms with Crippen LogP contribution in [0, 0.1) is 5.92 Å². The highest BCUT2D eigenvalue weighted by Crippen LogP contribution is 2.22. The van der Waals surface area contributed by atoms with Crippen LogP contribution in [-0.4, -0.2) is 33.7 Å². The molecule has 1 amide bonds. The summed E-state index contributed by atoms with van der Waals surface area (Å²) in [5.41, 5.74) is 0.799. The number of carbonyl (C=O) groups excluding carboxylic acids is 1. The largest absolute Gasteiger partial charge is 0.438 e. The maximum absolute atomic E-state index is 12.6. The first-order valence-electron chi connectivity index (χ1n) is 8.89. The number of para-hydroxylation sites is 1. The number of hydrogen-bond acceptors (Lipinski definition) is 6. The SMILES string of the molecule is O=C(Nc1ccccc1)[C@H]1CCCN(Cn2nc(-c3cccs3)oc2=O)C1. The zero-order valence-corrected chi connectivity index (χ0v) is 15.5. The van der Waals surface area contributed by atoms with E-state index in [-0.39, 0.29) is 11.8 Å². The molecule has 140 valence electrons. The van der Waals surface area contributed by atoms with Gasteiger partial charge < -0.3 is 9.73 Å². The van der Waals surface area contributed by atoms with Gasteiger partial charge in [-0.25, -0.2) is 4.79 Å². The zero-order chi connectivity index (χ0) is 18.6. The van der Waals surface area contributed by atoms with Crippen LogP contribution in [0.1, 0.15) is 12.8 Å². The average Bonchev–Trinajstić information content (AvgIpc) is 3.33. The van der Waals surface area contributed by atoms with Gasteiger partial charge >= 0.3 is 5.76 Å². The summed E-state index contributed by atoms with van der Waals surface area (Å²) >= 11 is 1.47. The van der Waals surface area contributed by atoms with Gasteiger partial charge in [0.05, 0.1) is 10.8 Å². The number of anilines is 1. The number of aromatic nitrogens is 2. The fourth-order valence-electron chi connectivity index (χ4n) is 3.25. The number of likely N-dealkylation sites (tertiary alicyclic amines) is 1. The van der Waals surface area contributed by atoms with Crippen molar-refractivity contribution in [3.63, 3.8) is 0 Å². The van der Waals surface area contributed by atoms with Crippen molar-refractivity contribution in [1.29, 1.82) is 0 Å². The molecule has 8 heteroatoms. The molecule has 0 unspecified atom stereocenters. The van der Waals surface area contributed by atoms with Crippen molar-refractivity contribution >= 4 is 22.9 Å². The molecule has 1 atom stereocenters. The molecule has 3 aromatic rings. The molecular formula is C19H20N4O3S. The number of nitrogens with zero attached hydrogens (tertiary/aromatic N) is 3. The van der Waals surface area contributed by atoms with Gasteiger partial charge in [-0.3, -0.25) is 9.69 Å². The quantitative estimate of drug-likeness (QED) is 0.732. The molecule has 4 rings (SSSR count). The van der Waals surface area contributed by atoms with Crippen molar-refractivity contribution in [1.82, 2.24) is 14.7 Å². The summed E-state index contributed by atoms with van der Waals surface area (Å²) in [6, 6.07) is 13.2. The number of piperidine rings is 1. The fourth-order valence-corrected chi connectivity index (χ4v) is 3.89. The minimum absolute atomic E-state index is 0.0117. The molecule has 27 heavy (non-hydrogen) atoms. The van der Waals surface area contributed by atoms with Crippen molar-refractivity contribution in [2.24, 2.45) is 5.92 Å². The summed E-state index contributed by atoms with van der Waals surface area (Å²) in [6.07, 6.45) is 1.74. The lowest BCUT2D eigenvalue weighted by Gasteiger charge is -2.31. The summed E-state index contributed by atoms with van der Waals surface area (Å²) in [5.74, 6) is -0.240. The van der Waals surface area contributed by atoms with Gasteiger partial charge in [0.1, 0.15) is 6.67 Å². The predicted molar refractivity (Wildman–Crippen MR) is 103 cm³/mol. The molecule has 0 spiro atoms. The van der Waals surface area contributed by atoms with E-state index in [4.69, 9.17) is 4.42 Å². The molecule has 1 aromatic carbocycles. The Morgan fingerprint density at radius 3 is 2.89 bits per heavy atom. The third kappa shape index (κ3) is 4.17. The summed E-state index contributed by atoms with van der Waals surface area (Å²) in [7, 11) is 0. The van der Waals surface area contributed by atoms with E-state index in [2.05, 4.69) is 15.3 Å². The first-order valence-corrected chi connectivity index (χ1v) is 9.77. The van der Waals surface area contributed by atoms with Crippen LogP contribution < -0.4 is 11.1 Å². The summed E-state index contributed by atoms with van der Waals surface area (Å²) < 4.78 is 6.58. The Morgan fingerprint density at radius 1 is 1.26 bits per heavy atom. The van der Waals surface area contributed by atoms with E-state index in [0.29, 0.717) is 19.1 Å². The molecule has 1 saturated heterocycles. The number of nitrogens with one attached hydrogen (secondary N) is 1. The van der Waals surface area contributed by atoms with Gasteiger partial charge in [0, 0.05) is 12.2 Å². The minimum atomic E-state index is -0.478. The van der Waals surface area contributed by atoms with Crippen LogP contribution in [0.2, 0.25) is 0 Å². The van der Waals surface area contributed by atoms with E-state index < -0.39 is 5.76 Å². The molecule has 7 nitrogen and oxygen atoms in total. The molecule has 3 heterocycles. The van der Waals surface area contributed by atoms with Crippen LogP contribution in [0.5, 0.6) is 0 Å². The van der Waals surface area contributed by atoms with E-state index in [0.717, 1.165) is 30.0 Å². The molecule has 2 aromatic heterocycles. The third-order valence-corrected chi connectivity index (χ3v) is 5.45. The number of carbonyl (C=O) groups is 1. The number of thiophene rings is 1. The van der Waals surface area contributed by atoms with E-state index in [1.54, 1.807) is 0 Å². The molecule has 0 bridgehead atoms. The molecule has 1 fully saturated rings. The van der Waals surface area contributed by atoms with Gasteiger partial charge in [-0.15, -0.1) is 16.4 Å². The second-order valence-corrected chi connectivity index (χ2v) is 7.51. The lowest BCUT2D eigenvalue weighted by molar-refractivity contribution is -0.121. The van der Waals surface area contributed by atoms with E-state index >= 15 is 0 Å². The van der Waals surface area contributed by atoms with Crippen LogP contribution in [0.3, 0.4) is 0 Å². The Balaban J connectivity index is 1.40. The molecule has 0 radical (unpaired) electrons. The highest BCUT2D eigenvalue weighted by molar-refractivity contribution is 7.13. The summed E-state index contributed by atoms with van der Waals surface area (Å²) in [4.78, 5) is 27.5. The molecule has 1 aliphatic heterocycles. The lowest BCUT2D eigenvalue weighted by Crippen LogP contribution is -2.42. The highest BCUT2D eigenvalue weighted by Gasteiger charge is 2.27. The molecule has 1 aliphatic rings. The molecule has 0 aliphatic carbocycles. The van der Waals surface area contributed by atoms with Crippen LogP contribution in [0.4, 0.5) is 5.69 Å². The van der Waals surface area contributed by atoms with Crippen LogP contribution in [0.25, 0.3) is 10.8 Å². The van der Waals surface area contributed by atoms with Crippen molar-refractivity contribution in [2.45, 2.75) is 19.5 Å². The Hall–Kier alpha value is -2.71. The number of amides is 1. The maximum Gasteiger partial charge on any atom is 0.438 e. The van der Waals surface area contributed by atoms with Crippen molar-refractivity contribution in [3.8, 4) is 10.8 Å². The van der Waals surface area contributed by atoms with Gasteiger partial charge in [0.2, 0.25) is 5.91 Å². The highest BCUT2D eigenvalue weighted by atomic mass is 32.1. The van der Waals surface area contributed by atoms with Crippen LogP contribution in [0.15, 0.2) is 57.1 Å². The van der Waals surface area contributed by atoms with Crippen molar-refractivity contribution in [2.75, 3.05) is 18.4 Å². The Labute approximate surface area is 160 Å². The summed E-state index contributed by atoms with van der Waals surface area (Å²) in [6.45, 7) is 1.73. The second kappa shape index (κ2) is 7.89. The van der Waals surface area contributed by atoms with Gasteiger partial charge in [0.15, 0.2) is 0 Å². The Kier molecular flexibility index (Phi) is 5.17. The van der Waals surface area contributed by atoms with Gasteiger partial charge in [0.25, 0.3) is 5.89 Å². The first kappa shape index (κ1) is 17.7. The predicted octanol–water partition coefficient (Wildman–Crippen LogP) is 2.87. The smallest absolute Gasteiger partial charge is 0.387 e. The molecular weight excluding hydrogens is 364 g/mol. The van der Waals surface area contributed by atoms with Crippen molar-refractivity contribution < 1.29 is 9.21 Å².